The lowest BCUT2D eigenvalue weighted by molar-refractivity contribution is -0.136. The Hall–Kier alpha value is -2.56. The minimum absolute atomic E-state index is 0.0674. The second kappa shape index (κ2) is 8.42. The van der Waals surface area contributed by atoms with Crippen molar-refractivity contribution < 1.29 is 14.0 Å². The van der Waals surface area contributed by atoms with E-state index < -0.39 is 0 Å². The molecular weight excluding hydrogens is 340 g/mol. The van der Waals surface area contributed by atoms with Crippen molar-refractivity contribution in [1.82, 2.24) is 9.80 Å². The van der Waals surface area contributed by atoms with Gasteiger partial charge >= 0.3 is 0 Å². The number of furan rings is 1. The van der Waals surface area contributed by atoms with Crippen LogP contribution in [-0.2, 0) is 11.2 Å². The average molecular weight is 368 g/mol. The monoisotopic (exact) mass is 368 g/mol. The van der Waals surface area contributed by atoms with Crippen molar-refractivity contribution in [2.45, 2.75) is 33.1 Å². The second-order valence-electron chi connectivity index (χ2n) is 7.60. The molecule has 0 N–H and O–H groups in total. The van der Waals surface area contributed by atoms with E-state index in [1.807, 2.05) is 11.8 Å². The van der Waals surface area contributed by atoms with Crippen molar-refractivity contribution in [1.29, 1.82) is 0 Å². The van der Waals surface area contributed by atoms with Crippen LogP contribution < -0.4 is 0 Å². The Morgan fingerprint density at radius 3 is 2.15 bits per heavy atom. The summed E-state index contributed by atoms with van der Waals surface area (Å²) in [4.78, 5) is 28.7. The highest BCUT2D eigenvalue weighted by atomic mass is 16.3. The lowest BCUT2D eigenvalue weighted by Gasteiger charge is -2.35. The molecule has 1 fully saturated rings. The Balaban J connectivity index is 1.51. The van der Waals surface area contributed by atoms with Gasteiger partial charge in [0.05, 0.1) is 6.26 Å². The van der Waals surface area contributed by atoms with Crippen LogP contribution in [0.4, 0.5) is 0 Å². The van der Waals surface area contributed by atoms with Crippen LogP contribution in [-0.4, -0.2) is 47.8 Å². The zero-order valence-electron chi connectivity index (χ0n) is 16.4. The van der Waals surface area contributed by atoms with Gasteiger partial charge in [-0.05, 0) is 35.6 Å². The predicted octanol–water partition coefficient (Wildman–Crippen LogP) is 3.57. The molecular formula is C22H28N2O3. The summed E-state index contributed by atoms with van der Waals surface area (Å²) in [6, 6.07) is 11.9. The van der Waals surface area contributed by atoms with Crippen molar-refractivity contribution in [3.8, 4) is 0 Å². The third-order valence-electron chi connectivity index (χ3n) is 5.22. The van der Waals surface area contributed by atoms with E-state index in [9.17, 15) is 9.59 Å². The summed E-state index contributed by atoms with van der Waals surface area (Å²) < 4.78 is 5.18. The minimum atomic E-state index is -0.106. The van der Waals surface area contributed by atoms with E-state index >= 15 is 0 Å². The predicted molar refractivity (Wildman–Crippen MR) is 105 cm³/mol. The molecule has 5 nitrogen and oxygen atoms in total. The molecule has 0 radical (unpaired) electrons. The molecule has 0 aliphatic carbocycles. The summed E-state index contributed by atoms with van der Waals surface area (Å²) in [6.07, 6.45) is 2.24. The molecule has 1 saturated heterocycles. The van der Waals surface area contributed by atoms with Gasteiger partial charge in [-0.25, -0.2) is 0 Å². The van der Waals surface area contributed by atoms with Crippen molar-refractivity contribution in [3.63, 3.8) is 0 Å². The number of hydrogen-bond donors (Lipinski definition) is 0. The highest BCUT2D eigenvalue weighted by molar-refractivity contribution is 5.91. The molecule has 1 aromatic carbocycles. The summed E-state index contributed by atoms with van der Waals surface area (Å²) in [5, 5.41) is 0. The quantitative estimate of drug-likeness (QED) is 0.811. The highest BCUT2D eigenvalue weighted by Gasteiger charge is 2.28. The number of hydrogen-bond acceptors (Lipinski definition) is 3. The van der Waals surface area contributed by atoms with Crippen LogP contribution >= 0.6 is 0 Å². The molecule has 3 rings (SSSR count). The Bertz CT molecular complexity index is 757. The van der Waals surface area contributed by atoms with Gasteiger partial charge in [-0.3, -0.25) is 9.59 Å². The lowest BCUT2D eigenvalue weighted by atomic mass is 9.96. The SMILES string of the molecule is CC(Cc1ccc(C(C)C)cc1)C(=O)N1CCN(C(=O)c2ccco2)CC1. The number of carbonyl (C=O) groups is 2. The summed E-state index contributed by atoms with van der Waals surface area (Å²) in [5.74, 6) is 0.854. The number of piperazine rings is 1. The molecule has 1 unspecified atom stereocenters. The largest absolute Gasteiger partial charge is 0.459 e. The molecule has 0 bridgehead atoms. The molecule has 1 aromatic heterocycles. The third kappa shape index (κ3) is 4.59. The van der Waals surface area contributed by atoms with Gasteiger partial charge in [0.1, 0.15) is 0 Å². The van der Waals surface area contributed by atoms with Gasteiger partial charge in [0.15, 0.2) is 5.76 Å². The van der Waals surface area contributed by atoms with E-state index in [1.165, 1.54) is 17.4 Å². The van der Waals surface area contributed by atoms with Crippen molar-refractivity contribution in [2.24, 2.45) is 5.92 Å². The number of benzene rings is 1. The molecule has 2 heterocycles. The number of amides is 2. The molecule has 5 heteroatoms. The fourth-order valence-electron chi connectivity index (χ4n) is 3.48. The Morgan fingerprint density at radius 2 is 1.59 bits per heavy atom. The summed E-state index contributed by atoms with van der Waals surface area (Å²) >= 11 is 0. The molecule has 1 aliphatic heterocycles. The van der Waals surface area contributed by atoms with E-state index in [1.54, 1.807) is 17.0 Å². The summed E-state index contributed by atoms with van der Waals surface area (Å²) in [5.41, 5.74) is 2.50. The maximum atomic E-state index is 12.8. The minimum Gasteiger partial charge on any atom is -0.459 e. The van der Waals surface area contributed by atoms with Gasteiger partial charge in [0, 0.05) is 32.1 Å². The van der Waals surface area contributed by atoms with Gasteiger partial charge < -0.3 is 14.2 Å². The molecule has 0 saturated carbocycles. The van der Waals surface area contributed by atoms with E-state index in [4.69, 9.17) is 4.42 Å². The first-order valence-corrected chi connectivity index (χ1v) is 9.66. The number of rotatable bonds is 5. The number of carbonyl (C=O) groups excluding carboxylic acids is 2. The van der Waals surface area contributed by atoms with E-state index in [0.29, 0.717) is 37.9 Å². The maximum absolute atomic E-state index is 12.8. The van der Waals surface area contributed by atoms with Gasteiger partial charge in [-0.2, -0.15) is 0 Å². The Labute approximate surface area is 160 Å². The average Bonchev–Trinajstić information content (AvgIpc) is 3.22. The molecule has 144 valence electrons. The fourth-order valence-corrected chi connectivity index (χ4v) is 3.48. The van der Waals surface area contributed by atoms with E-state index in [2.05, 4.69) is 38.1 Å². The first kappa shape index (κ1) is 19.2. The fraction of sp³-hybridized carbons (Fsp3) is 0.455. The van der Waals surface area contributed by atoms with Crippen LogP contribution in [0.25, 0.3) is 0 Å². The third-order valence-corrected chi connectivity index (χ3v) is 5.22. The molecule has 2 aromatic rings. The second-order valence-corrected chi connectivity index (χ2v) is 7.60. The van der Waals surface area contributed by atoms with Gasteiger partial charge in [0.25, 0.3) is 5.91 Å². The Kier molecular flexibility index (Phi) is 5.99. The van der Waals surface area contributed by atoms with Gasteiger partial charge in [-0.15, -0.1) is 0 Å². The molecule has 1 aliphatic rings. The smallest absolute Gasteiger partial charge is 0.289 e. The zero-order chi connectivity index (χ0) is 19.4. The van der Waals surface area contributed by atoms with Gasteiger partial charge in [-0.1, -0.05) is 45.0 Å². The van der Waals surface area contributed by atoms with Crippen LogP contribution in [0.5, 0.6) is 0 Å². The molecule has 27 heavy (non-hydrogen) atoms. The topological polar surface area (TPSA) is 53.8 Å². The summed E-state index contributed by atoms with van der Waals surface area (Å²) in [7, 11) is 0. The van der Waals surface area contributed by atoms with Crippen LogP contribution in [0, 0.1) is 5.92 Å². The normalized spacial score (nSPS) is 15.9. The van der Waals surface area contributed by atoms with Crippen LogP contribution in [0.3, 0.4) is 0 Å². The van der Waals surface area contributed by atoms with Crippen LogP contribution in [0.15, 0.2) is 47.1 Å². The van der Waals surface area contributed by atoms with E-state index in [0.717, 1.165) is 6.42 Å². The Morgan fingerprint density at radius 1 is 0.963 bits per heavy atom. The van der Waals surface area contributed by atoms with Crippen molar-refractivity contribution in [3.05, 3.63) is 59.5 Å². The van der Waals surface area contributed by atoms with E-state index in [-0.39, 0.29) is 17.7 Å². The first-order valence-electron chi connectivity index (χ1n) is 9.66. The highest BCUT2D eigenvalue weighted by Crippen LogP contribution is 2.18. The van der Waals surface area contributed by atoms with Crippen molar-refractivity contribution in [2.75, 3.05) is 26.2 Å². The zero-order valence-corrected chi connectivity index (χ0v) is 16.4. The van der Waals surface area contributed by atoms with Gasteiger partial charge in [0.2, 0.25) is 5.91 Å². The standard InChI is InChI=1S/C22H28N2O3/c1-16(2)19-8-6-18(7-9-19)15-17(3)21(25)23-10-12-24(13-11-23)22(26)20-5-4-14-27-20/h4-9,14,16-17H,10-13,15H2,1-3H3. The molecule has 1 atom stereocenters. The van der Waals surface area contributed by atoms with Crippen LogP contribution in [0.1, 0.15) is 48.4 Å². The maximum Gasteiger partial charge on any atom is 0.289 e. The van der Waals surface area contributed by atoms with Crippen molar-refractivity contribution >= 4 is 11.8 Å². The first-order chi connectivity index (χ1) is 13.0. The van der Waals surface area contributed by atoms with Crippen LogP contribution in [0.2, 0.25) is 0 Å². The number of nitrogens with zero attached hydrogens (tertiary/aromatic N) is 2. The summed E-state index contributed by atoms with van der Waals surface area (Å²) in [6.45, 7) is 8.57. The lowest BCUT2D eigenvalue weighted by Crippen LogP contribution is -2.51. The molecule has 2 amide bonds. The molecule has 0 spiro atoms.